The van der Waals surface area contributed by atoms with Gasteiger partial charge >= 0.3 is 0 Å². The van der Waals surface area contributed by atoms with Gasteiger partial charge in [0.25, 0.3) is 5.89 Å². The van der Waals surface area contributed by atoms with Gasteiger partial charge in [0, 0.05) is 30.7 Å². The van der Waals surface area contributed by atoms with Gasteiger partial charge in [-0.15, -0.1) is 24.0 Å². The van der Waals surface area contributed by atoms with Crippen LogP contribution in [0.5, 0.6) is 0 Å². The van der Waals surface area contributed by atoms with Crippen LogP contribution in [0.3, 0.4) is 0 Å². The standard InChI is InChI=1S/C19H21ClN6O.HI/c1-2-21-19(24-13-14-6-8-15(20)9-7-14)23-12-10-17-25-18(27-26-17)16-5-3-4-11-22-16;/h3-9,11H,2,10,12-13H2,1H3,(H2,21,23,24);1H. The molecular weight excluding hydrogens is 491 g/mol. The molecular formula is C19H22ClIN6O. The monoisotopic (exact) mass is 512 g/mol. The summed E-state index contributed by atoms with van der Waals surface area (Å²) in [6.07, 6.45) is 2.31. The van der Waals surface area contributed by atoms with Gasteiger partial charge in [0.1, 0.15) is 5.69 Å². The van der Waals surface area contributed by atoms with Crippen LogP contribution in [0.15, 0.2) is 58.2 Å². The summed E-state index contributed by atoms with van der Waals surface area (Å²) >= 11 is 5.91. The lowest BCUT2D eigenvalue weighted by Crippen LogP contribution is -2.38. The molecule has 0 aliphatic heterocycles. The molecule has 9 heteroatoms. The highest BCUT2D eigenvalue weighted by atomic mass is 127. The Morgan fingerprint density at radius 3 is 2.68 bits per heavy atom. The molecule has 0 fully saturated rings. The van der Waals surface area contributed by atoms with Gasteiger partial charge < -0.3 is 15.2 Å². The Balaban J connectivity index is 0.00000280. The molecule has 3 rings (SSSR count). The number of nitrogens with one attached hydrogen (secondary N) is 2. The fourth-order valence-electron chi connectivity index (χ4n) is 2.34. The Hall–Kier alpha value is -2.20. The van der Waals surface area contributed by atoms with Crippen molar-refractivity contribution in [2.24, 2.45) is 4.99 Å². The van der Waals surface area contributed by atoms with Crippen molar-refractivity contribution >= 4 is 41.5 Å². The topological polar surface area (TPSA) is 88.2 Å². The first-order valence-electron chi connectivity index (χ1n) is 8.75. The van der Waals surface area contributed by atoms with Gasteiger partial charge in [-0.3, -0.25) is 4.98 Å². The van der Waals surface area contributed by atoms with Crippen LogP contribution in [-0.2, 0) is 13.0 Å². The third-order valence-corrected chi connectivity index (χ3v) is 3.92. The van der Waals surface area contributed by atoms with E-state index in [1.54, 1.807) is 6.20 Å². The summed E-state index contributed by atoms with van der Waals surface area (Å²) in [5, 5.41) is 11.2. The fourth-order valence-corrected chi connectivity index (χ4v) is 2.47. The molecule has 28 heavy (non-hydrogen) atoms. The van der Waals surface area contributed by atoms with Crippen molar-refractivity contribution in [1.82, 2.24) is 25.8 Å². The molecule has 0 saturated carbocycles. The predicted octanol–water partition coefficient (Wildman–Crippen LogP) is 3.70. The second-order valence-electron chi connectivity index (χ2n) is 5.73. The maximum absolute atomic E-state index is 5.91. The average molecular weight is 513 g/mol. The van der Waals surface area contributed by atoms with Crippen LogP contribution >= 0.6 is 35.6 Å². The number of hydrogen-bond acceptors (Lipinski definition) is 5. The predicted molar refractivity (Wildman–Crippen MR) is 121 cm³/mol. The molecule has 0 atom stereocenters. The number of hydrogen-bond donors (Lipinski definition) is 2. The van der Waals surface area contributed by atoms with E-state index in [0.717, 1.165) is 23.1 Å². The first-order valence-corrected chi connectivity index (χ1v) is 9.13. The van der Waals surface area contributed by atoms with Gasteiger partial charge in [-0.25, -0.2) is 4.99 Å². The number of aromatic nitrogens is 3. The number of aliphatic imine (C=N–C) groups is 1. The van der Waals surface area contributed by atoms with E-state index >= 15 is 0 Å². The zero-order valence-corrected chi connectivity index (χ0v) is 18.5. The number of guanidine groups is 1. The highest BCUT2D eigenvalue weighted by Gasteiger charge is 2.09. The minimum Gasteiger partial charge on any atom is -0.357 e. The van der Waals surface area contributed by atoms with Crippen LogP contribution < -0.4 is 10.6 Å². The van der Waals surface area contributed by atoms with E-state index in [0.29, 0.717) is 36.9 Å². The third kappa shape index (κ3) is 6.75. The molecule has 7 nitrogen and oxygen atoms in total. The van der Waals surface area contributed by atoms with E-state index in [2.05, 4.69) is 30.8 Å². The third-order valence-electron chi connectivity index (χ3n) is 3.67. The number of benzene rings is 1. The van der Waals surface area contributed by atoms with Crippen molar-refractivity contribution < 1.29 is 4.52 Å². The zero-order chi connectivity index (χ0) is 18.9. The number of nitrogens with zero attached hydrogens (tertiary/aromatic N) is 4. The van der Waals surface area contributed by atoms with Crippen molar-refractivity contribution in [3.05, 3.63) is 65.1 Å². The van der Waals surface area contributed by atoms with Crippen molar-refractivity contribution in [2.45, 2.75) is 19.9 Å². The molecule has 0 aliphatic rings. The molecule has 0 saturated heterocycles. The van der Waals surface area contributed by atoms with E-state index in [1.165, 1.54) is 0 Å². The minimum absolute atomic E-state index is 0. The second-order valence-corrected chi connectivity index (χ2v) is 6.17. The molecule has 0 unspecified atom stereocenters. The highest BCUT2D eigenvalue weighted by Crippen LogP contribution is 2.13. The maximum Gasteiger partial charge on any atom is 0.276 e. The Bertz CT molecular complexity index is 870. The first kappa shape index (κ1) is 22.1. The van der Waals surface area contributed by atoms with Crippen LogP contribution in [0, 0.1) is 0 Å². The van der Waals surface area contributed by atoms with Crippen molar-refractivity contribution in [1.29, 1.82) is 0 Å². The summed E-state index contributed by atoms with van der Waals surface area (Å²) in [6.45, 7) is 4.00. The summed E-state index contributed by atoms with van der Waals surface area (Å²) in [5.74, 6) is 1.78. The van der Waals surface area contributed by atoms with Crippen LogP contribution in [0.4, 0.5) is 0 Å². The molecule has 0 bridgehead atoms. The van der Waals surface area contributed by atoms with Gasteiger partial charge in [-0.2, -0.15) is 4.98 Å². The Kier molecular flexibility index (Phi) is 9.15. The minimum atomic E-state index is 0. The maximum atomic E-state index is 5.91. The van der Waals surface area contributed by atoms with Crippen molar-refractivity contribution in [3.8, 4) is 11.6 Å². The summed E-state index contributed by atoms with van der Waals surface area (Å²) < 4.78 is 5.26. The summed E-state index contributed by atoms with van der Waals surface area (Å²) in [4.78, 5) is 13.2. The quantitative estimate of drug-likeness (QED) is 0.285. The van der Waals surface area contributed by atoms with Gasteiger partial charge in [0.2, 0.25) is 0 Å². The molecule has 0 radical (unpaired) electrons. The van der Waals surface area contributed by atoms with Crippen LogP contribution in [-0.4, -0.2) is 34.2 Å². The smallest absolute Gasteiger partial charge is 0.276 e. The molecule has 0 spiro atoms. The van der Waals surface area contributed by atoms with E-state index in [-0.39, 0.29) is 24.0 Å². The van der Waals surface area contributed by atoms with E-state index < -0.39 is 0 Å². The number of rotatable bonds is 7. The molecule has 2 heterocycles. The Morgan fingerprint density at radius 1 is 1.14 bits per heavy atom. The molecule has 3 aromatic rings. The molecule has 148 valence electrons. The molecule has 2 N–H and O–H groups in total. The van der Waals surface area contributed by atoms with Crippen LogP contribution in [0.25, 0.3) is 11.6 Å². The number of pyridine rings is 1. The van der Waals surface area contributed by atoms with E-state index in [9.17, 15) is 0 Å². The van der Waals surface area contributed by atoms with Gasteiger partial charge in [0.15, 0.2) is 11.8 Å². The fraction of sp³-hybridized carbons (Fsp3) is 0.263. The largest absolute Gasteiger partial charge is 0.357 e. The first-order chi connectivity index (χ1) is 13.2. The van der Waals surface area contributed by atoms with Crippen LogP contribution in [0.1, 0.15) is 18.3 Å². The molecule has 2 aromatic heterocycles. The normalized spacial score (nSPS) is 11.0. The SMILES string of the molecule is CCNC(=NCc1ccc(Cl)cc1)NCCc1noc(-c2ccccn2)n1.I. The Morgan fingerprint density at radius 2 is 1.96 bits per heavy atom. The highest BCUT2D eigenvalue weighted by molar-refractivity contribution is 14.0. The molecule has 0 aliphatic carbocycles. The van der Waals surface area contributed by atoms with Gasteiger partial charge in [-0.05, 0) is 36.8 Å². The van der Waals surface area contributed by atoms with Gasteiger partial charge in [0.05, 0.1) is 6.54 Å². The van der Waals surface area contributed by atoms with Gasteiger partial charge in [-0.1, -0.05) is 35.0 Å². The zero-order valence-electron chi connectivity index (χ0n) is 15.4. The molecule has 1 aromatic carbocycles. The van der Waals surface area contributed by atoms with E-state index in [1.807, 2.05) is 49.4 Å². The summed E-state index contributed by atoms with van der Waals surface area (Å²) in [6, 6.07) is 13.2. The second kappa shape index (κ2) is 11.6. The van der Waals surface area contributed by atoms with Crippen molar-refractivity contribution in [3.63, 3.8) is 0 Å². The lowest BCUT2D eigenvalue weighted by atomic mass is 10.2. The summed E-state index contributed by atoms with van der Waals surface area (Å²) in [7, 11) is 0. The van der Waals surface area contributed by atoms with Crippen molar-refractivity contribution in [2.75, 3.05) is 13.1 Å². The van der Waals surface area contributed by atoms with E-state index in [4.69, 9.17) is 16.1 Å². The lowest BCUT2D eigenvalue weighted by molar-refractivity contribution is 0.421. The number of halogens is 2. The molecule has 0 amide bonds. The van der Waals surface area contributed by atoms with Crippen LogP contribution in [0.2, 0.25) is 5.02 Å². The summed E-state index contributed by atoms with van der Waals surface area (Å²) in [5.41, 5.74) is 1.76. The average Bonchev–Trinajstić information content (AvgIpc) is 3.17. The lowest BCUT2D eigenvalue weighted by Gasteiger charge is -2.10. The Labute approximate surface area is 186 Å².